The van der Waals surface area contributed by atoms with Gasteiger partial charge in [0.05, 0.1) is 6.20 Å². The first-order valence-corrected chi connectivity index (χ1v) is 4.30. The summed E-state index contributed by atoms with van der Waals surface area (Å²) in [6, 6.07) is 0. The van der Waals surface area contributed by atoms with Crippen LogP contribution in [-0.2, 0) is 7.05 Å². The Balaban J connectivity index is 2.49. The van der Waals surface area contributed by atoms with Gasteiger partial charge in [0.1, 0.15) is 5.03 Å². The normalized spacial score (nSPS) is 10.2. The Morgan fingerprint density at radius 1 is 1.70 bits per heavy atom. The molecule has 0 aromatic carbocycles. The molecule has 0 unspecified atom stereocenters. The van der Waals surface area contributed by atoms with E-state index in [0.29, 0.717) is 0 Å². The van der Waals surface area contributed by atoms with E-state index >= 15 is 0 Å². The van der Waals surface area contributed by atoms with Gasteiger partial charge in [-0.3, -0.25) is 0 Å². The molecule has 0 aliphatic carbocycles. The molecule has 1 aromatic heterocycles. The highest BCUT2D eigenvalue weighted by molar-refractivity contribution is 7.99. The van der Waals surface area contributed by atoms with Crippen molar-refractivity contribution in [3.63, 3.8) is 0 Å². The molecule has 0 amide bonds. The van der Waals surface area contributed by atoms with Gasteiger partial charge in [-0.15, -0.1) is 16.9 Å². The fourth-order valence-corrected chi connectivity index (χ4v) is 1.38. The van der Waals surface area contributed by atoms with Crippen LogP contribution < -0.4 is 0 Å². The van der Waals surface area contributed by atoms with Crippen molar-refractivity contribution in [3.05, 3.63) is 6.20 Å². The number of aryl methyl sites for hydroxylation is 1. The van der Waals surface area contributed by atoms with Gasteiger partial charge in [-0.2, -0.15) is 0 Å². The Labute approximate surface area is 64.8 Å². The van der Waals surface area contributed by atoms with Crippen LogP contribution in [0.3, 0.4) is 0 Å². The van der Waals surface area contributed by atoms with E-state index in [1.165, 1.54) is 6.42 Å². The van der Waals surface area contributed by atoms with Crippen LogP contribution in [0, 0.1) is 0 Å². The fraction of sp³-hybridized carbons (Fsp3) is 0.667. The molecule has 0 saturated carbocycles. The van der Waals surface area contributed by atoms with Crippen molar-refractivity contribution in [2.45, 2.75) is 18.4 Å². The van der Waals surface area contributed by atoms with Crippen LogP contribution in [-0.4, -0.2) is 20.7 Å². The van der Waals surface area contributed by atoms with Gasteiger partial charge in [0.25, 0.3) is 0 Å². The molecule has 1 rings (SSSR count). The summed E-state index contributed by atoms with van der Waals surface area (Å²) >= 11 is 1.79. The zero-order valence-electron chi connectivity index (χ0n) is 6.24. The van der Waals surface area contributed by atoms with Crippen LogP contribution in [0.5, 0.6) is 0 Å². The fourth-order valence-electron chi connectivity index (χ4n) is 0.618. The SMILES string of the molecule is CCCSc1cnnn1C. The second-order valence-corrected chi connectivity index (χ2v) is 3.16. The number of thioether (sulfide) groups is 1. The molecular weight excluding hydrogens is 146 g/mol. The molecule has 0 bridgehead atoms. The van der Waals surface area contributed by atoms with E-state index in [1.54, 1.807) is 22.6 Å². The Morgan fingerprint density at radius 3 is 3.00 bits per heavy atom. The highest BCUT2D eigenvalue weighted by atomic mass is 32.2. The maximum atomic E-state index is 3.82. The van der Waals surface area contributed by atoms with E-state index in [2.05, 4.69) is 17.2 Å². The highest BCUT2D eigenvalue weighted by Crippen LogP contribution is 2.14. The van der Waals surface area contributed by atoms with Crippen LogP contribution in [0.25, 0.3) is 0 Å². The zero-order valence-corrected chi connectivity index (χ0v) is 7.06. The summed E-state index contributed by atoms with van der Waals surface area (Å²) in [5, 5.41) is 8.72. The molecule has 56 valence electrons. The number of hydrogen-bond donors (Lipinski definition) is 0. The number of hydrogen-bond acceptors (Lipinski definition) is 3. The number of rotatable bonds is 3. The molecular formula is C6H11N3S. The van der Waals surface area contributed by atoms with E-state index in [4.69, 9.17) is 0 Å². The summed E-state index contributed by atoms with van der Waals surface area (Å²) in [6.45, 7) is 2.16. The largest absolute Gasteiger partial charge is 0.242 e. The summed E-state index contributed by atoms with van der Waals surface area (Å²) in [6.07, 6.45) is 2.98. The third kappa shape index (κ3) is 1.73. The first kappa shape index (κ1) is 7.60. The van der Waals surface area contributed by atoms with E-state index in [0.717, 1.165) is 10.8 Å². The van der Waals surface area contributed by atoms with Gasteiger partial charge in [-0.05, 0) is 12.2 Å². The molecule has 1 aromatic rings. The molecule has 0 atom stereocenters. The minimum absolute atomic E-state index is 1.14. The van der Waals surface area contributed by atoms with E-state index in [-0.39, 0.29) is 0 Å². The standard InChI is InChI=1S/C6H11N3S/c1-3-4-10-6-5-7-8-9(6)2/h5H,3-4H2,1-2H3. The Morgan fingerprint density at radius 2 is 2.50 bits per heavy atom. The molecule has 0 spiro atoms. The van der Waals surface area contributed by atoms with Crippen molar-refractivity contribution < 1.29 is 0 Å². The quantitative estimate of drug-likeness (QED) is 0.620. The smallest absolute Gasteiger partial charge is 0.114 e. The zero-order chi connectivity index (χ0) is 7.40. The molecule has 10 heavy (non-hydrogen) atoms. The van der Waals surface area contributed by atoms with Crippen LogP contribution in [0.2, 0.25) is 0 Å². The molecule has 0 saturated heterocycles. The first-order valence-electron chi connectivity index (χ1n) is 3.32. The van der Waals surface area contributed by atoms with Gasteiger partial charge < -0.3 is 0 Å². The van der Waals surface area contributed by atoms with Crippen molar-refractivity contribution in [2.24, 2.45) is 7.05 Å². The monoisotopic (exact) mass is 157 g/mol. The molecule has 1 heterocycles. The summed E-state index contributed by atoms with van der Waals surface area (Å²) in [5.41, 5.74) is 0. The maximum Gasteiger partial charge on any atom is 0.114 e. The lowest BCUT2D eigenvalue weighted by Gasteiger charge is -1.95. The van der Waals surface area contributed by atoms with Crippen LogP contribution in [0.4, 0.5) is 0 Å². The Hall–Kier alpha value is -0.510. The minimum atomic E-state index is 1.14. The maximum absolute atomic E-state index is 3.82. The van der Waals surface area contributed by atoms with Gasteiger partial charge in [0, 0.05) is 7.05 Å². The summed E-state index contributed by atoms with van der Waals surface area (Å²) in [4.78, 5) is 0. The van der Waals surface area contributed by atoms with Crippen molar-refractivity contribution in [2.75, 3.05) is 5.75 Å². The second kappa shape index (κ2) is 3.61. The van der Waals surface area contributed by atoms with Crippen LogP contribution >= 0.6 is 11.8 Å². The Bertz CT molecular complexity index is 197. The van der Waals surface area contributed by atoms with Gasteiger partial charge in [-0.1, -0.05) is 12.1 Å². The lowest BCUT2D eigenvalue weighted by atomic mass is 10.6. The second-order valence-electron chi connectivity index (χ2n) is 2.04. The predicted octanol–water partition coefficient (Wildman–Crippen LogP) is 1.32. The highest BCUT2D eigenvalue weighted by Gasteiger charge is 1.97. The third-order valence-corrected chi connectivity index (χ3v) is 2.40. The average molecular weight is 157 g/mol. The van der Waals surface area contributed by atoms with Crippen molar-refractivity contribution in [1.82, 2.24) is 15.0 Å². The summed E-state index contributed by atoms with van der Waals surface area (Å²) in [5.74, 6) is 1.14. The minimum Gasteiger partial charge on any atom is -0.242 e. The molecule has 3 nitrogen and oxygen atoms in total. The molecule has 0 aliphatic rings. The number of aromatic nitrogens is 3. The lowest BCUT2D eigenvalue weighted by molar-refractivity contribution is 0.665. The third-order valence-electron chi connectivity index (χ3n) is 1.13. The molecule has 0 aliphatic heterocycles. The van der Waals surface area contributed by atoms with Crippen LogP contribution in [0.15, 0.2) is 11.2 Å². The van der Waals surface area contributed by atoms with Gasteiger partial charge >= 0.3 is 0 Å². The van der Waals surface area contributed by atoms with E-state index in [9.17, 15) is 0 Å². The average Bonchev–Trinajstić information content (AvgIpc) is 2.31. The van der Waals surface area contributed by atoms with E-state index in [1.807, 2.05) is 7.05 Å². The predicted molar refractivity (Wildman–Crippen MR) is 42.0 cm³/mol. The lowest BCUT2D eigenvalue weighted by Crippen LogP contribution is -1.92. The van der Waals surface area contributed by atoms with E-state index < -0.39 is 0 Å². The summed E-state index contributed by atoms with van der Waals surface area (Å²) in [7, 11) is 1.91. The molecule has 0 fully saturated rings. The molecule has 0 N–H and O–H groups in total. The first-order chi connectivity index (χ1) is 4.84. The van der Waals surface area contributed by atoms with Crippen LogP contribution in [0.1, 0.15) is 13.3 Å². The van der Waals surface area contributed by atoms with Crippen molar-refractivity contribution in [1.29, 1.82) is 0 Å². The topological polar surface area (TPSA) is 30.7 Å². The molecule has 0 radical (unpaired) electrons. The van der Waals surface area contributed by atoms with Gasteiger partial charge in [0.2, 0.25) is 0 Å². The van der Waals surface area contributed by atoms with Gasteiger partial charge in [-0.25, -0.2) is 4.68 Å². The van der Waals surface area contributed by atoms with Crippen molar-refractivity contribution >= 4 is 11.8 Å². The number of nitrogens with zero attached hydrogens (tertiary/aromatic N) is 3. The summed E-state index contributed by atoms with van der Waals surface area (Å²) < 4.78 is 1.79. The molecule has 4 heteroatoms. The van der Waals surface area contributed by atoms with Crippen molar-refractivity contribution in [3.8, 4) is 0 Å². The van der Waals surface area contributed by atoms with Gasteiger partial charge in [0.15, 0.2) is 0 Å². The Kier molecular flexibility index (Phi) is 2.74.